The summed E-state index contributed by atoms with van der Waals surface area (Å²) in [5.41, 5.74) is 11.5. The van der Waals surface area contributed by atoms with Gasteiger partial charge < -0.3 is 26.5 Å². The van der Waals surface area contributed by atoms with Gasteiger partial charge in [-0.05, 0) is 42.5 Å². The highest BCUT2D eigenvalue weighted by Crippen LogP contribution is 2.31. The number of aromatic nitrogens is 5. The molecule has 4 aromatic rings. The zero-order chi connectivity index (χ0) is 24.1. The minimum atomic E-state index is -4.43. The van der Waals surface area contributed by atoms with Crippen molar-refractivity contribution in [3.63, 3.8) is 0 Å². The summed E-state index contributed by atoms with van der Waals surface area (Å²) in [5.74, 6) is 2.37. The lowest BCUT2D eigenvalue weighted by molar-refractivity contribution is -0.137. The number of nitrogens with one attached hydrogen (secondary N) is 2. The quantitative estimate of drug-likeness (QED) is 0.209. The zero-order valence-corrected chi connectivity index (χ0v) is 18.3. The molecule has 0 radical (unpaired) electrons. The van der Waals surface area contributed by atoms with Crippen LogP contribution in [0.25, 0.3) is 11.4 Å². The van der Waals surface area contributed by atoms with E-state index in [-0.39, 0.29) is 17.5 Å². The molecule has 0 fully saturated rings. The van der Waals surface area contributed by atoms with Gasteiger partial charge in [0.25, 0.3) is 0 Å². The smallest absolute Gasteiger partial charge is 0.416 e. The maximum Gasteiger partial charge on any atom is 0.416 e. The molecule has 2 aromatic heterocycles. The normalized spacial score (nSPS) is 11.4. The molecule has 0 atom stereocenters. The highest BCUT2D eigenvalue weighted by atomic mass is 32.2. The number of halogens is 3. The van der Waals surface area contributed by atoms with Crippen LogP contribution in [0.15, 0.2) is 59.8 Å². The van der Waals surface area contributed by atoms with E-state index in [0.717, 1.165) is 12.1 Å². The molecular weight excluding hydrogens is 469 g/mol. The maximum absolute atomic E-state index is 12.9. The predicted octanol–water partition coefficient (Wildman–Crippen LogP) is 4.45. The van der Waals surface area contributed by atoms with E-state index in [9.17, 15) is 13.2 Å². The maximum atomic E-state index is 12.9. The SMILES string of the molecule is NCCSc1nc(N)cc(Oc2ccc(-c3nnc(Nc4cccc(C(F)(F)F)c4)[nH]3)cc2)n1. The van der Waals surface area contributed by atoms with Crippen molar-refractivity contribution in [2.24, 2.45) is 5.73 Å². The van der Waals surface area contributed by atoms with Gasteiger partial charge in [-0.2, -0.15) is 18.2 Å². The van der Waals surface area contributed by atoms with Crippen LogP contribution in [0.2, 0.25) is 0 Å². The van der Waals surface area contributed by atoms with Gasteiger partial charge in [0.1, 0.15) is 11.6 Å². The molecule has 0 spiro atoms. The third-order valence-corrected chi connectivity index (χ3v) is 5.22. The summed E-state index contributed by atoms with van der Waals surface area (Å²) in [7, 11) is 0. The van der Waals surface area contributed by atoms with E-state index in [2.05, 4.69) is 30.5 Å². The number of hydrogen-bond acceptors (Lipinski definition) is 9. The number of ether oxygens (including phenoxy) is 1. The number of rotatable bonds is 8. The van der Waals surface area contributed by atoms with Gasteiger partial charge in [0, 0.05) is 29.6 Å². The van der Waals surface area contributed by atoms with Gasteiger partial charge in [-0.3, -0.25) is 0 Å². The Balaban J connectivity index is 1.44. The van der Waals surface area contributed by atoms with Crippen LogP contribution in [0.5, 0.6) is 11.6 Å². The molecule has 2 aromatic carbocycles. The zero-order valence-electron chi connectivity index (χ0n) is 17.5. The van der Waals surface area contributed by atoms with Gasteiger partial charge in [0.2, 0.25) is 11.8 Å². The van der Waals surface area contributed by atoms with E-state index in [0.29, 0.717) is 40.5 Å². The summed E-state index contributed by atoms with van der Waals surface area (Å²) in [4.78, 5) is 11.4. The van der Waals surface area contributed by atoms with Crippen molar-refractivity contribution >= 4 is 29.2 Å². The molecule has 0 unspecified atom stereocenters. The molecule has 4 rings (SSSR count). The Labute approximate surface area is 196 Å². The van der Waals surface area contributed by atoms with Crippen molar-refractivity contribution in [2.45, 2.75) is 11.3 Å². The summed E-state index contributed by atoms with van der Waals surface area (Å²) in [6.45, 7) is 0.485. The first-order valence-electron chi connectivity index (χ1n) is 9.93. The number of benzene rings is 2. The summed E-state index contributed by atoms with van der Waals surface area (Å²) in [5, 5.41) is 11.2. The van der Waals surface area contributed by atoms with Gasteiger partial charge in [-0.25, -0.2) is 4.98 Å². The molecule has 13 heteroatoms. The van der Waals surface area contributed by atoms with Crippen LogP contribution in [0.3, 0.4) is 0 Å². The Morgan fingerprint density at radius 3 is 2.56 bits per heavy atom. The Morgan fingerprint density at radius 2 is 1.82 bits per heavy atom. The van der Waals surface area contributed by atoms with Crippen LogP contribution in [0.1, 0.15) is 5.56 Å². The number of alkyl halides is 3. The molecule has 0 saturated carbocycles. The third kappa shape index (κ3) is 5.94. The van der Waals surface area contributed by atoms with Crippen LogP contribution in [-0.4, -0.2) is 37.4 Å². The first kappa shape index (κ1) is 23.3. The highest BCUT2D eigenvalue weighted by Gasteiger charge is 2.30. The lowest BCUT2D eigenvalue weighted by Gasteiger charge is -2.08. The van der Waals surface area contributed by atoms with Crippen LogP contribution >= 0.6 is 11.8 Å². The Hall–Kier alpha value is -3.84. The van der Waals surface area contributed by atoms with Gasteiger partial charge in [0.15, 0.2) is 11.0 Å². The minimum Gasteiger partial charge on any atom is -0.439 e. The van der Waals surface area contributed by atoms with Gasteiger partial charge in [-0.15, -0.1) is 10.2 Å². The lowest BCUT2D eigenvalue weighted by atomic mass is 10.2. The number of nitrogen functional groups attached to an aromatic ring is 1. The fourth-order valence-corrected chi connectivity index (χ4v) is 3.47. The number of hydrogen-bond donors (Lipinski definition) is 4. The molecule has 9 nitrogen and oxygen atoms in total. The molecule has 6 N–H and O–H groups in total. The van der Waals surface area contributed by atoms with Crippen LogP contribution < -0.4 is 21.5 Å². The second-order valence-electron chi connectivity index (χ2n) is 6.90. The van der Waals surface area contributed by atoms with Crippen molar-refractivity contribution < 1.29 is 17.9 Å². The topological polar surface area (TPSA) is 141 Å². The van der Waals surface area contributed by atoms with E-state index in [4.69, 9.17) is 16.2 Å². The Morgan fingerprint density at radius 1 is 1.03 bits per heavy atom. The number of aromatic amines is 1. The van der Waals surface area contributed by atoms with E-state index in [1.807, 2.05) is 0 Å². The average Bonchev–Trinajstić information content (AvgIpc) is 3.26. The first-order valence-corrected chi connectivity index (χ1v) is 10.9. The minimum absolute atomic E-state index is 0.202. The molecule has 2 heterocycles. The standard InChI is InChI=1S/C21H19F3N8OS/c22-21(23,24)13-2-1-3-14(10-13)27-19-30-18(31-32-19)12-4-6-15(7-5-12)33-17-11-16(26)28-20(29-17)34-9-8-25/h1-7,10-11H,8-9,25H2,(H2,26,28,29)(H2,27,30,31,32). The van der Waals surface area contributed by atoms with Crippen molar-refractivity contribution in [1.29, 1.82) is 0 Å². The number of thioether (sulfide) groups is 1. The van der Waals surface area contributed by atoms with Gasteiger partial charge >= 0.3 is 6.18 Å². The largest absolute Gasteiger partial charge is 0.439 e. The summed E-state index contributed by atoms with van der Waals surface area (Å²) >= 11 is 1.38. The number of nitrogens with zero attached hydrogens (tertiary/aromatic N) is 4. The number of anilines is 3. The Kier molecular flexibility index (Phi) is 6.84. The summed E-state index contributed by atoms with van der Waals surface area (Å²) < 4.78 is 44.5. The van der Waals surface area contributed by atoms with Crippen LogP contribution in [0, 0.1) is 0 Å². The van der Waals surface area contributed by atoms with E-state index in [1.54, 1.807) is 24.3 Å². The van der Waals surface area contributed by atoms with Crippen LogP contribution in [-0.2, 0) is 6.18 Å². The molecule has 0 bridgehead atoms. The fourth-order valence-electron chi connectivity index (χ4n) is 2.85. The average molecular weight is 488 g/mol. The highest BCUT2D eigenvalue weighted by molar-refractivity contribution is 7.99. The molecular formula is C21H19F3N8OS. The molecule has 0 amide bonds. The van der Waals surface area contributed by atoms with Crippen molar-refractivity contribution in [3.05, 3.63) is 60.2 Å². The molecule has 0 aliphatic heterocycles. The Bertz CT molecular complexity index is 1260. The van der Waals surface area contributed by atoms with Crippen molar-refractivity contribution in [2.75, 3.05) is 23.3 Å². The monoisotopic (exact) mass is 488 g/mol. The third-order valence-electron chi connectivity index (χ3n) is 4.34. The van der Waals surface area contributed by atoms with Crippen molar-refractivity contribution in [1.82, 2.24) is 25.1 Å². The number of nitrogens with two attached hydrogens (primary N) is 2. The molecule has 0 saturated heterocycles. The van der Waals surface area contributed by atoms with Gasteiger partial charge in [-0.1, -0.05) is 17.8 Å². The van der Waals surface area contributed by atoms with Gasteiger partial charge in [0.05, 0.1) is 5.56 Å². The number of H-pyrrole nitrogens is 1. The molecule has 0 aliphatic carbocycles. The predicted molar refractivity (Wildman–Crippen MR) is 123 cm³/mol. The lowest BCUT2D eigenvalue weighted by Crippen LogP contribution is -2.05. The molecule has 176 valence electrons. The first-order chi connectivity index (χ1) is 16.3. The second-order valence-corrected chi connectivity index (χ2v) is 7.97. The van der Waals surface area contributed by atoms with E-state index in [1.165, 1.54) is 30.0 Å². The summed E-state index contributed by atoms with van der Waals surface area (Å²) in [6.07, 6.45) is -4.43. The van der Waals surface area contributed by atoms with E-state index < -0.39 is 11.7 Å². The van der Waals surface area contributed by atoms with Crippen molar-refractivity contribution in [3.8, 4) is 23.0 Å². The molecule has 34 heavy (non-hydrogen) atoms. The molecule has 0 aliphatic rings. The summed E-state index contributed by atoms with van der Waals surface area (Å²) in [6, 6.07) is 13.2. The van der Waals surface area contributed by atoms with E-state index >= 15 is 0 Å². The second kappa shape index (κ2) is 9.97. The van der Waals surface area contributed by atoms with Crippen LogP contribution in [0.4, 0.5) is 30.6 Å². The fraction of sp³-hybridized carbons (Fsp3) is 0.143.